The van der Waals surface area contributed by atoms with Gasteiger partial charge in [-0.2, -0.15) is 0 Å². The van der Waals surface area contributed by atoms with Gasteiger partial charge in [0.15, 0.2) is 0 Å². The number of halogens is 2. The SMILES string of the molecule is CCCCS(=O)(=O)Nc1cc(Br)c(F)cc1C. The van der Waals surface area contributed by atoms with Gasteiger partial charge in [0.25, 0.3) is 0 Å². The normalized spacial score (nSPS) is 11.5. The van der Waals surface area contributed by atoms with Crippen LogP contribution >= 0.6 is 15.9 Å². The van der Waals surface area contributed by atoms with Crippen molar-refractivity contribution in [2.24, 2.45) is 0 Å². The van der Waals surface area contributed by atoms with Gasteiger partial charge >= 0.3 is 0 Å². The van der Waals surface area contributed by atoms with Crippen molar-refractivity contribution < 1.29 is 12.8 Å². The van der Waals surface area contributed by atoms with Gasteiger partial charge in [-0.05, 0) is 47.0 Å². The van der Waals surface area contributed by atoms with E-state index in [1.54, 1.807) is 6.92 Å². The van der Waals surface area contributed by atoms with E-state index in [2.05, 4.69) is 20.7 Å². The second-order valence-electron chi connectivity index (χ2n) is 3.86. The molecule has 0 atom stereocenters. The first kappa shape index (κ1) is 14.4. The van der Waals surface area contributed by atoms with Crippen LogP contribution in [-0.2, 0) is 10.0 Å². The molecule has 0 heterocycles. The molecule has 0 spiro atoms. The Hall–Kier alpha value is -0.620. The van der Waals surface area contributed by atoms with Crippen molar-refractivity contribution in [1.29, 1.82) is 0 Å². The molecule has 0 saturated heterocycles. The first-order valence-corrected chi connectivity index (χ1v) is 7.76. The summed E-state index contributed by atoms with van der Waals surface area (Å²) in [5.74, 6) is -0.322. The Morgan fingerprint density at radius 3 is 2.65 bits per heavy atom. The highest BCUT2D eigenvalue weighted by atomic mass is 79.9. The van der Waals surface area contributed by atoms with Crippen molar-refractivity contribution in [3.63, 3.8) is 0 Å². The van der Waals surface area contributed by atoms with E-state index in [1.165, 1.54) is 12.1 Å². The summed E-state index contributed by atoms with van der Waals surface area (Å²) in [6.45, 7) is 3.59. The standard InChI is InChI=1S/C11H15BrFNO2S/c1-3-4-5-17(15,16)14-11-7-9(12)10(13)6-8(11)2/h6-7,14H,3-5H2,1-2H3. The molecule has 0 fully saturated rings. The quantitative estimate of drug-likeness (QED) is 0.902. The average molecular weight is 324 g/mol. The minimum atomic E-state index is -3.34. The third kappa shape index (κ3) is 4.27. The van der Waals surface area contributed by atoms with Crippen LogP contribution in [0.15, 0.2) is 16.6 Å². The molecule has 0 aromatic heterocycles. The molecule has 1 N–H and O–H groups in total. The maximum absolute atomic E-state index is 13.2. The maximum Gasteiger partial charge on any atom is 0.232 e. The Bertz CT molecular complexity index is 502. The van der Waals surface area contributed by atoms with Crippen LogP contribution in [0, 0.1) is 12.7 Å². The van der Waals surface area contributed by atoms with Gasteiger partial charge in [0.1, 0.15) is 5.82 Å². The second kappa shape index (κ2) is 5.82. The molecule has 0 aliphatic carbocycles. The molecule has 0 aliphatic heterocycles. The number of hydrogen-bond acceptors (Lipinski definition) is 2. The summed E-state index contributed by atoms with van der Waals surface area (Å²) in [5, 5.41) is 0. The van der Waals surface area contributed by atoms with E-state index >= 15 is 0 Å². The third-order valence-corrected chi connectivity index (χ3v) is 4.26. The first-order valence-electron chi connectivity index (χ1n) is 5.32. The van der Waals surface area contributed by atoms with Crippen molar-refractivity contribution >= 4 is 31.6 Å². The fraction of sp³-hybridized carbons (Fsp3) is 0.455. The highest BCUT2D eigenvalue weighted by Crippen LogP contribution is 2.25. The van der Waals surface area contributed by atoms with Crippen LogP contribution in [0.2, 0.25) is 0 Å². The summed E-state index contributed by atoms with van der Waals surface area (Å²) in [5.41, 5.74) is 0.972. The van der Waals surface area contributed by atoms with Gasteiger partial charge in [-0.15, -0.1) is 0 Å². The number of anilines is 1. The topological polar surface area (TPSA) is 46.2 Å². The Morgan fingerprint density at radius 2 is 2.06 bits per heavy atom. The maximum atomic E-state index is 13.2. The molecule has 1 rings (SSSR count). The van der Waals surface area contributed by atoms with Crippen LogP contribution in [0.4, 0.5) is 10.1 Å². The third-order valence-electron chi connectivity index (χ3n) is 2.30. The van der Waals surface area contributed by atoms with Crippen LogP contribution in [0.3, 0.4) is 0 Å². The van der Waals surface area contributed by atoms with Gasteiger partial charge in [-0.1, -0.05) is 13.3 Å². The van der Waals surface area contributed by atoms with Gasteiger partial charge in [0, 0.05) is 0 Å². The molecule has 0 radical (unpaired) electrons. The molecule has 6 heteroatoms. The number of nitrogens with one attached hydrogen (secondary N) is 1. The van der Waals surface area contributed by atoms with E-state index in [9.17, 15) is 12.8 Å². The van der Waals surface area contributed by atoms with Crippen molar-refractivity contribution in [3.8, 4) is 0 Å². The summed E-state index contributed by atoms with van der Waals surface area (Å²) in [6, 6.07) is 2.73. The first-order chi connectivity index (χ1) is 7.85. The number of unbranched alkanes of at least 4 members (excludes halogenated alkanes) is 1. The Labute approximate surface area is 110 Å². The van der Waals surface area contributed by atoms with Crippen molar-refractivity contribution in [2.45, 2.75) is 26.7 Å². The number of aryl methyl sites for hydroxylation is 1. The van der Waals surface area contributed by atoms with Gasteiger partial charge in [0.05, 0.1) is 15.9 Å². The van der Waals surface area contributed by atoms with Gasteiger partial charge in [-0.25, -0.2) is 12.8 Å². The van der Waals surface area contributed by atoms with E-state index in [1.807, 2.05) is 6.92 Å². The van der Waals surface area contributed by atoms with Crippen molar-refractivity contribution in [3.05, 3.63) is 28.0 Å². The summed E-state index contributed by atoms with van der Waals surface area (Å²) in [6.07, 6.45) is 1.42. The molecular weight excluding hydrogens is 309 g/mol. The molecule has 1 aromatic rings. The summed E-state index contributed by atoms with van der Waals surface area (Å²) in [7, 11) is -3.34. The van der Waals surface area contributed by atoms with Gasteiger partial charge < -0.3 is 0 Å². The average Bonchev–Trinajstić information content (AvgIpc) is 2.23. The second-order valence-corrected chi connectivity index (χ2v) is 6.55. The number of rotatable bonds is 5. The Balaban J connectivity index is 2.92. The zero-order chi connectivity index (χ0) is 13.1. The highest BCUT2D eigenvalue weighted by Gasteiger charge is 2.12. The summed E-state index contributed by atoms with van der Waals surface area (Å²) >= 11 is 3.03. The monoisotopic (exact) mass is 323 g/mol. The highest BCUT2D eigenvalue weighted by molar-refractivity contribution is 9.10. The largest absolute Gasteiger partial charge is 0.283 e. The summed E-state index contributed by atoms with van der Waals surface area (Å²) < 4.78 is 39.3. The molecule has 0 aliphatic rings. The van der Waals surface area contributed by atoms with Crippen LogP contribution in [0.1, 0.15) is 25.3 Å². The molecule has 96 valence electrons. The van der Waals surface area contributed by atoms with E-state index in [0.29, 0.717) is 17.7 Å². The zero-order valence-corrected chi connectivity index (χ0v) is 12.2. The number of hydrogen-bond donors (Lipinski definition) is 1. The van der Waals surface area contributed by atoms with Crippen molar-refractivity contribution in [1.82, 2.24) is 0 Å². The van der Waals surface area contributed by atoms with Crippen LogP contribution < -0.4 is 4.72 Å². The minimum absolute atomic E-state index is 0.0813. The number of benzene rings is 1. The zero-order valence-electron chi connectivity index (χ0n) is 9.76. The lowest BCUT2D eigenvalue weighted by Crippen LogP contribution is -2.17. The molecule has 0 unspecified atom stereocenters. The molecule has 0 bridgehead atoms. The van der Waals surface area contributed by atoms with Crippen LogP contribution in [-0.4, -0.2) is 14.2 Å². The summed E-state index contributed by atoms with van der Waals surface area (Å²) in [4.78, 5) is 0. The molecule has 0 saturated carbocycles. The van der Waals surface area contributed by atoms with Crippen molar-refractivity contribution in [2.75, 3.05) is 10.5 Å². The van der Waals surface area contributed by atoms with Gasteiger partial charge in [0.2, 0.25) is 10.0 Å². The van der Waals surface area contributed by atoms with Crippen LogP contribution in [0.5, 0.6) is 0 Å². The lowest BCUT2D eigenvalue weighted by atomic mass is 10.2. The predicted octanol–water partition coefficient (Wildman–Crippen LogP) is 3.44. The lowest BCUT2D eigenvalue weighted by molar-refractivity contribution is 0.597. The molecule has 3 nitrogen and oxygen atoms in total. The van der Waals surface area contributed by atoms with E-state index < -0.39 is 15.8 Å². The molecule has 17 heavy (non-hydrogen) atoms. The lowest BCUT2D eigenvalue weighted by Gasteiger charge is -2.11. The fourth-order valence-electron chi connectivity index (χ4n) is 1.31. The van der Waals surface area contributed by atoms with E-state index in [-0.39, 0.29) is 10.2 Å². The Morgan fingerprint density at radius 1 is 1.41 bits per heavy atom. The fourth-order valence-corrected chi connectivity index (χ4v) is 2.98. The predicted molar refractivity (Wildman–Crippen MR) is 71.2 cm³/mol. The molecule has 0 amide bonds. The molecular formula is C11H15BrFNO2S. The van der Waals surface area contributed by atoms with Gasteiger partial charge in [-0.3, -0.25) is 4.72 Å². The smallest absolute Gasteiger partial charge is 0.232 e. The van der Waals surface area contributed by atoms with E-state index in [0.717, 1.165) is 6.42 Å². The molecule has 1 aromatic carbocycles. The minimum Gasteiger partial charge on any atom is -0.283 e. The van der Waals surface area contributed by atoms with Crippen LogP contribution in [0.25, 0.3) is 0 Å². The number of sulfonamides is 1. The van der Waals surface area contributed by atoms with E-state index in [4.69, 9.17) is 0 Å². The Kier molecular flexibility index (Phi) is 4.94.